The van der Waals surface area contributed by atoms with Crippen molar-refractivity contribution in [3.05, 3.63) is 48.0 Å². The van der Waals surface area contributed by atoms with Crippen LogP contribution in [0.2, 0.25) is 0 Å². The minimum absolute atomic E-state index is 0.0748. The fourth-order valence-corrected chi connectivity index (χ4v) is 3.10. The van der Waals surface area contributed by atoms with E-state index in [1.165, 1.54) is 14.2 Å². The Morgan fingerprint density at radius 2 is 1.67 bits per heavy atom. The van der Waals surface area contributed by atoms with Crippen LogP contribution in [-0.2, 0) is 9.59 Å². The molecule has 0 bridgehead atoms. The van der Waals surface area contributed by atoms with E-state index >= 15 is 0 Å². The average molecular weight is 412 g/mol. The molecule has 2 aromatic rings. The van der Waals surface area contributed by atoms with Crippen LogP contribution in [0.3, 0.4) is 0 Å². The Balaban J connectivity index is 1.74. The Morgan fingerprint density at radius 3 is 2.27 bits per heavy atom. The van der Waals surface area contributed by atoms with Gasteiger partial charge in [0.05, 0.1) is 38.7 Å². The minimum atomic E-state index is -0.295. The molecule has 9 nitrogen and oxygen atoms in total. The molecule has 1 heterocycles. The van der Waals surface area contributed by atoms with E-state index in [2.05, 4.69) is 16.0 Å². The van der Waals surface area contributed by atoms with Gasteiger partial charge in [0.25, 0.3) is 5.91 Å². The van der Waals surface area contributed by atoms with Crippen LogP contribution in [0.15, 0.2) is 42.5 Å². The molecule has 1 aliphatic heterocycles. The number of ether oxygens (including phenoxy) is 2. The predicted octanol–water partition coefficient (Wildman–Crippen LogP) is 1.33. The van der Waals surface area contributed by atoms with Crippen molar-refractivity contribution in [2.45, 2.75) is 0 Å². The summed E-state index contributed by atoms with van der Waals surface area (Å²) in [6.45, 7) is 1.37. The predicted molar refractivity (Wildman–Crippen MR) is 112 cm³/mol. The Morgan fingerprint density at radius 1 is 1.03 bits per heavy atom. The monoisotopic (exact) mass is 412 g/mol. The third kappa shape index (κ3) is 5.26. The molecule has 0 aromatic heterocycles. The molecule has 3 rings (SSSR count). The first-order valence-corrected chi connectivity index (χ1v) is 9.41. The van der Waals surface area contributed by atoms with Crippen LogP contribution in [0.4, 0.5) is 11.4 Å². The molecule has 1 fully saturated rings. The van der Waals surface area contributed by atoms with Gasteiger partial charge in [-0.1, -0.05) is 18.2 Å². The summed E-state index contributed by atoms with van der Waals surface area (Å²) in [4.78, 5) is 38.2. The lowest BCUT2D eigenvalue weighted by atomic mass is 10.2. The first-order valence-electron chi connectivity index (χ1n) is 9.41. The van der Waals surface area contributed by atoms with Gasteiger partial charge in [0.15, 0.2) is 0 Å². The molecule has 3 N–H and O–H groups in total. The molecular formula is C21H24N4O5. The second-order valence-electron chi connectivity index (χ2n) is 6.68. The molecule has 0 spiro atoms. The normalized spacial score (nSPS) is 13.9. The summed E-state index contributed by atoms with van der Waals surface area (Å²) in [6.07, 6.45) is 0. The van der Waals surface area contributed by atoms with Crippen molar-refractivity contribution in [3.8, 4) is 11.5 Å². The first kappa shape index (κ1) is 21.1. The van der Waals surface area contributed by atoms with E-state index in [4.69, 9.17) is 9.47 Å². The van der Waals surface area contributed by atoms with Crippen LogP contribution in [0.25, 0.3) is 0 Å². The molecule has 3 amide bonds. The van der Waals surface area contributed by atoms with Gasteiger partial charge >= 0.3 is 0 Å². The van der Waals surface area contributed by atoms with Gasteiger partial charge in [0.1, 0.15) is 11.5 Å². The van der Waals surface area contributed by atoms with E-state index in [-0.39, 0.29) is 30.8 Å². The van der Waals surface area contributed by atoms with Gasteiger partial charge in [0, 0.05) is 30.8 Å². The van der Waals surface area contributed by atoms with Crippen LogP contribution in [0.5, 0.6) is 11.5 Å². The fourth-order valence-electron chi connectivity index (χ4n) is 3.10. The van der Waals surface area contributed by atoms with Crippen molar-refractivity contribution in [1.29, 1.82) is 0 Å². The molecule has 30 heavy (non-hydrogen) atoms. The van der Waals surface area contributed by atoms with E-state index < -0.39 is 0 Å². The number of hydrogen-bond acceptors (Lipinski definition) is 6. The van der Waals surface area contributed by atoms with Gasteiger partial charge in [0.2, 0.25) is 11.8 Å². The third-order valence-corrected chi connectivity index (χ3v) is 4.56. The fraction of sp³-hybridized carbons (Fsp3) is 0.286. The number of anilines is 2. The molecule has 0 saturated carbocycles. The quantitative estimate of drug-likeness (QED) is 0.633. The SMILES string of the molecule is COc1cc(NC(=O)c2ccccc2)c(OC)cc1NC(=O)CN1CCNC(=O)C1. The summed E-state index contributed by atoms with van der Waals surface area (Å²) in [7, 11) is 2.94. The Bertz CT molecular complexity index is 932. The van der Waals surface area contributed by atoms with Gasteiger partial charge in [-0.05, 0) is 12.1 Å². The summed E-state index contributed by atoms with van der Waals surface area (Å²) in [5.41, 5.74) is 1.31. The lowest BCUT2D eigenvalue weighted by Gasteiger charge is -2.25. The number of methoxy groups -OCH3 is 2. The topological polar surface area (TPSA) is 109 Å². The Kier molecular flexibility index (Phi) is 6.87. The highest BCUT2D eigenvalue weighted by Gasteiger charge is 2.20. The maximum absolute atomic E-state index is 12.5. The van der Waals surface area contributed by atoms with Crippen molar-refractivity contribution in [2.24, 2.45) is 0 Å². The van der Waals surface area contributed by atoms with Crippen molar-refractivity contribution in [1.82, 2.24) is 10.2 Å². The first-order chi connectivity index (χ1) is 14.5. The van der Waals surface area contributed by atoms with Crippen LogP contribution in [0.1, 0.15) is 10.4 Å². The molecule has 0 radical (unpaired) electrons. The lowest BCUT2D eigenvalue weighted by molar-refractivity contribution is -0.125. The summed E-state index contributed by atoms with van der Waals surface area (Å²) in [5, 5.41) is 8.29. The molecule has 0 aliphatic carbocycles. The minimum Gasteiger partial charge on any atom is -0.494 e. The zero-order valence-electron chi connectivity index (χ0n) is 16.9. The lowest BCUT2D eigenvalue weighted by Crippen LogP contribution is -2.49. The van der Waals surface area contributed by atoms with E-state index in [0.29, 0.717) is 41.5 Å². The van der Waals surface area contributed by atoms with Crippen molar-refractivity contribution in [3.63, 3.8) is 0 Å². The van der Waals surface area contributed by atoms with Crippen LogP contribution >= 0.6 is 0 Å². The van der Waals surface area contributed by atoms with E-state index in [1.807, 2.05) is 6.07 Å². The van der Waals surface area contributed by atoms with Crippen molar-refractivity contribution >= 4 is 29.1 Å². The standard InChI is InChI=1S/C21H24N4O5/c1-29-17-11-16(24-21(28)14-6-4-3-5-7-14)18(30-2)10-15(17)23-20(27)13-25-9-8-22-19(26)12-25/h3-7,10-11H,8-9,12-13H2,1-2H3,(H,22,26)(H,23,27)(H,24,28). The number of hydrogen-bond donors (Lipinski definition) is 3. The number of rotatable bonds is 7. The number of carbonyl (C=O) groups excluding carboxylic acids is 3. The summed E-state index contributed by atoms with van der Waals surface area (Å²) in [5.74, 6) is 0.0469. The highest BCUT2D eigenvalue weighted by molar-refractivity contribution is 6.05. The molecule has 1 saturated heterocycles. The molecule has 2 aromatic carbocycles. The summed E-state index contributed by atoms with van der Waals surface area (Å²) >= 11 is 0. The number of carbonyl (C=O) groups is 3. The number of benzene rings is 2. The largest absolute Gasteiger partial charge is 0.494 e. The van der Waals surface area contributed by atoms with Gasteiger partial charge in [-0.3, -0.25) is 19.3 Å². The van der Waals surface area contributed by atoms with E-state index in [1.54, 1.807) is 41.3 Å². The second-order valence-corrected chi connectivity index (χ2v) is 6.68. The Labute approximate surface area is 174 Å². The van der Waals surface area contributed by atoms with Gasteiger partial charge in [-0.2, -0.15) is 0 Å². The number of nitrogens with one attached hydrogen (secondary N) is 3. The van der Waals surface area contributed by atoms with E-state index in [9.17, 15) is 14.4 Å². The molecule has 1 aliphatic rings. The van der Waals surface area contributed by atoms with Crippen molar-refractivity contribution < 1.29 is 23.9 Å². The van der Waals surface area contributed by atoms with E-state index in [0.717, 1.165) is 0 Å². The number of piperazine rings is 1. The average Bonchev–Trinajstić information content (AvgIpc) is 2.74. The number of nitrogens with zero attached hydrogens (tertiary/aromatic N) is 1. The Hall–Kier alpha value is -3.59. The molecule has 0 unspecified atom stereocenters. The molecular weight excluding hydrogens is 388 g/mol. The summed E-state index contributed by atoms with van der Waals surface area (Å²) in [6, 6.07) is 12.0. The summed E-state index contributed by atoms with van der Waals surface area (Å²) < 4.78 is 10.8. The highest BCUT2D eigenvalue weighted by atomic mass is 16.5. The van der Waals surface area contributed by atoms with Gasteiger partial charge in [-0.15, -0.1) is 0 Å². The maximum atomic E-state index is 12.5. The van der Waals surface area contributed by atoms with Gasteiger partial charge < -0.3 is 25.4 Å². The zero-order valence-corrected chi connectivity index (χ0v) is 16.9. The zero-order chi connectivity index (χ0) is 21.5. The molecule has 158 valence electrons. The third-order valence-electron chi connectivity index (χ3n) is 4.56. The van der Waals surface area contributed by atoms with Crippen molar-refractivity contribution in [2.75, 3.05) is 51.0 Å². The van der Waals surface area contributed by atoms with Crippen LogP contribution in [-0.4, -0.2) is 63.0 Å². The van der Waals surface area contributed by atoms with Crippen LogP contribution in [0, 0.1) is 0 Å². The molecule has 9 heteroatoms. The second kappa shape index (κ2) is 9.75. The smallest absolute Gasteiger partial charge is 0.255 e. The van der Waals surface area contributed by atoms with Gasteiger partial charge in [-0.25, -0.2) is 0 Å². The molecule has 0 atom stereocenters. The van der Waals surface area contributed by atoms with Crippen LogP contribution < -0.4 is 25.4 Å². The maximum Gasteiger partial charge on any atom is 0.255 e. The highest BCUT2D eigenvalue weighted by Crippen LogP contribution is 2.36. The number of amides is 3.